The van der Waals surface area contributed by atoms with E-state index < -0.39 is 5.91 Å². The van der Waals surface area contributed by atoms with Crippen molar-refractivity contribution in [3.8, 4) is 17.4 Å². The summed E-state index contributed by atoms with van der Waals surface area (Å²) in [5, 5.41) is 8.03. The van der Waals surface area contributed by atoms with Gasteiger partial charge in [-0.15, -0.1) is 0 Å². The molecule has 4 heterocycles. The number of benzene rings is 1. The van der Waals surface area contributed by atoms with Crippen molar-refractivity contribution in [2.75, 3.05) is 5.32 Å². The number of aryl methyl sites for hydroxylation is 1. The number of hydrogen-bond acceptors (Lipinski definition) is 6. The molecule has 0 saturated carbocycles. The minimum absolute atomic E-state index is 0.147. The highest BCUT2D eigenvalue weighted by atomic mass is 16.3. The monoisotopic (exact) mass is 401 g/mol. The first kappa shape index (κ1) is 17.7. The largest absolute Gasteiger partial charge is 0.463 e. The van der Waals surface area contributed by atoms with E-state index in [9.17, 15) is 9.59 Å². The second-order valence-corrected chi connectivity index (χ2v) is 6.62. The van der Waals surface area contributed by atoms with Gasteiger partial charge in [-0.05, 0) is 31.2 Å². The summed E-state index contributed by atoms with van der Waals surface area (Å²) in [6.07, 6.45) is 1.52. The molecule has 1 aromatic carbocycles. The van der Waals surface area contributed by atoms with Crippen LogP contribution in [0.5, 0.6) is 0 Å². The van der Waals surface area contributed by atoms with Gasteiger partial charge in [0, 0.05) is 23.2 Å². The Morgan fingerprint density at radius 3 is 2.77 bits per heavy atom. The number of amides is 1. The zero-order chi connectivity index (χ0) is 20.7. The molecule has 148 valence electrons. The number of carbonyl (C=O) groups is 1. The zero-order valence-electron chi connectivity index (χ0n) is 15.7. The van der Waals surface area contributed by atoms with E-state index in [1.54, 1.807) is 37.3 Å². The van der Waals surface area contributed by atoms with Crippen molar-refractivity contribution in [1.29, 1.82) is 0 Å². The molecule has 0 spiro atoms. The molecule has 2 N–H and O–H groups in total. The number of hydrogen-bond donors (Lipinski definition) is 2. The van der Waals surface area contributed by atoms with E-state index in [1.165, 1.54) is 17.0 Å². The van der Waals surface area contributed by atoms with E-state index in [-0.39, 0.29) is 17.3 Å². The number of carbonyl (C=O) groups excluding carboxylic acids is 1. The average molecular weight is 401 g/mol. The number of nitrogens with zero attached hydrogens (tertiary/aromatic N) is 3. The van der Waals surface area contributed by atoms with Gasteiger partial charge in [0.25, 0.3) is 11.5 Å². The van der Waals surface area contributed by atoms with Crippen molar-refractivity contribution >= 4 is 22.7 Å². The van der Waals surface area contributed by atoms with E-state index in [0.29, 0.717) is 28.5 Å². The van der Waals surface area contributed by atoms with Crippen LogP contribution in [0.1, 0.15) is 16.2 Å². The van der Waals surface area contributed by atoms with Crippen molar-refractivity contribution in [3.63, 3.8) is 0 Å². The number of aromatic nitrogens is 4. The van der Waals surface area contributed by atoms with E-state index in [2.05, 4.69) is 20.4 Å². The summed E-state index contributed by atoms with van der Waals surface area (Å²) >= 11 is 0. The summed E-state index contributed by atoms with van der Waals surface area (Å²) in [4.78, 5) is 31.7. The molecule has 0 aliphatic carbocycles. The Bertz CT molecular complexity index is 1390. The van der Waals surface area contributed by atoms with Crippen LogP contribution in [0, 0.1) is 6.92 Å². The molecule has 1 amide bonds. The summed E-state index contributed by atoms with van der Waals surface area (Å²) in [6.45, 7) is 1.70. The lowest BCUT2D eigenvalue weighted by Crippen LogP contribution is -2.18. The fourth-order valence-electron chi connectivity index (χ4n) is 3.11. The molecule has 0 aliphatic heterocycles. The quantitative estimate of drug-likeness (QED) is 0.476. The van der Waals surface area contributed by atoms with Crippen LogP contribution in [0.15, 0.2) is 74.5 Å². The summed E-state index contributed by atoms with van der Waals surface area (Å²) in [6, 6.07) is 15.5. The van der Waals surface area contributed by atoms with Crippen LogP contribution < -0.4 is 10.9 Å². The number of aromatic amines is 1. The molecule has 0 radical (unpaired) electrons. The molecular weight excluding hydrogens is 386 g/mol. The van der Waals surface area contributed by atoms with Crippen molar-refractivity contribution in [2.24, 2.45) is 0 Å². The Morgan fingerprint density at radius 2 is 2.00 bits per heavy atom. The van der Waals surface area contributed by atoms with Gasteiger partial charge in [-0.25, -0.2) is 4.98 Å². The minimum atomic E-state index is -0.464. The van der Waals surface area contributed by atoms with E-state index in [4.69, 9.17) is 8.83 Å². The SMILES string of the molecule is Cc1cc(=O)[nH]c(-n2nc(-c3ccco3)cc2NC(=O)c2cc3ccccc3o2)n1. The highest BCUT2D eigenvalue weighted by Gasteiger charge is 2.19. The van der Waals surface area contributed by atoms with Gasteiger partial charge in [0.15, 0.2) is 11.5 Å². The van der Waals surface area contributed by atoms with Crippen molar-refractivity contribution in [3.05, 3.63) is 82.7 Å². The van der Waals surface area contributed by atoms with Crippen LogP contribution in [-0.2, 0) is 0 Å². The van der Waals surface area contributed by atoms with E-state index in [0.717, 1.165) is 5.39 Å². The predicted molar refractivity (Wildman–Crippen MR) is 109 cm³/mol. The van der Waals surface area contributed by atoms with Gasteiger partial charge in [-0.3, -0.25) is 14.6 Å². The Morgan fingerprint density at radius 1 is 1.13 bits per heavy atom. The fraction of sp³-hybridized carbons (Fsp3) is 0.0476. The molecule has 4 aromatic heterocycles. The second kappa shape index (κ2) is 6.89. The molecule has 0 fully saturated rings. The molecule has 0 saturated heterocycles. The normalized spacial score (nSPS) is 11.1. The van der Waals surface area contributed by atoms with E-state index >= 15 is 0 Å². The maximum absolute atomic E-state index is 12.8. The number of H-pyrrole nitrogens is 1. The number of furan rings is 2. The average Bonchev–Trinajstić information content (AvgIpc) is 3.46. The summed E-state index contributed by atoms with van der Waals surface area (Å²) in [7, 11) is 0. The van der Waals surface area contributed by atoms with Crippen LogP contribution >= 0.6 is 0 Å². The summed E-state index contributed by atoms with van der Waals surface area (Å²) in [5.74, 6) is 0.642. The predicted octanol–water partition coefficient (Wildman–Crippen LogP) is 3.52. The van der Waals surface area contributed by atoms with Gasteiger partial charge in [0.2, 0.25) is 5.95 Å². The highest BCUT2D eigenvalue weighted by molar-refractivity contribution is 6.04. The first-order valence-electron chi connectivity index (χ1n) is 9.09. The Kier molecular flexibility index (Phi) is 4.06. The molecule has 0 atom stereocenters. The highest BCUT2D eigenvalue weighted by Crippen LogP contribution is 2.25. The third-order valence-electron chi connectivity index (χ3n) is 4.43. The van der Waals surface area contributed by atoms with Crippen molar-refractivity contribution in [1.82, 2.24) is 19.7 Å². The molecule has 5 rings (SSSR count). The topological polar surface area (TPSA) is 119 Å². The van der Waals surface area contributed by atoms with Gasteiger partial charge in [-0.1, -0.05) is 18.2 Å². The molecule has 5 aromatic rings. The smallest absolute Gasteiger partial charge is 0.292 e. The minimum Gasteiger partial charge on any atom is -0.463 e. The summed E-state index contributed by atoms with van der Waals surface area (Å²) in [5.41, 5.74) is 1.25. The Labute approximate surface area is 169 Å². The van der Waals surface area contributed by atoms with Crippen LogP contribution in [0.25, 0.3) is 28.4 Å². The maximum atomic E-state index is 12.8. The van der Waals surface area contributed by atoms with Gasteiger partial charge in [0.05, 0.1) is 6.26 Å². The maximum Gasteiger partial charge on any atom is 0.292 e. The number of rotatable bonds is 4. The lowest BCUT2D eigenvalue weighted by atomic mass is 10.2. The molecule has 9 heteroatoms. The van der Waals surface area contributed by atoms with Crippen LogP contribution in [-0.4, -0.2) is 25.7 Å². The second-order valence-electron chi connectivity index (χ2n) is 6.62. The summed E-state index contributed by atoms with van der Waals surface area (Å²) < 4.78 is 12.4. The third-order valence-corrected chi connectivity index (χ3v) is 4.43. The standard InChI is InChI=1S/C21H15N5O4/c1-12-9-19(27)24-21(22-12)26-18(11-14(25-26)16-7-4-8-29-16)23-20(28)17-10-13-5-2-3-6-15(13)30-17/h2-11H,1H3,(H,23,28)(H,22,24,27). The number of nitrogens with one attached hydrogen (secondary N) is 2. The molecule has 9 nitrogen and oxygen atoms in total. The Balaban J connectivity index is 1.57. The van der Waals surface area contributed by atoms with Crippen LogP contribution in [0.3, 0.4) is 0 Å². The van der Waals surface area contributed by atoms with Crippen molar-refractivity contribution in [2.45, 2.75) is 6.92 Å². The first-order chi connectivity index (χ1) is 14.6. The number of para-hydroxylation sites is 1. The van der Waals surface area contributed by atoms with Crippen molar-refractivity contribution < 1.29 is 13.6 Å². The Hall–Kier alpha value is -4.40. The van der Waals surface area contributed by atoms with Gasteiger partial charge >= 0.3 is 0 Å². The molecule has 0 aliphatic rings. The van der Waals surface area contributed by atoms with E-state index in [1.807, 2.05) is 18.2 Å². The molecule has 30 heavy (non-hydrogen) atoms. The van der Waals surface area contributed by atoms with Crippen LogP contribution in [0.4, 0.5) is 5.82 Å². The molecular formula is C21H15N5O4. The van der Waals surface area contributed by atoms with Crippen LogP contribution in [0.2, 0.25) is 0 Å². The third kappa shape index (κ3) is 3.18. The number of fused-ring (bicyclic) bond motifs is 1. The van der Waals surface area contributed by atoms with Gasteiger partial charge < -0.3 is 14.2 Å². The van der Waals surface area contributed by atoms with Gasteiger partial charge in [0.1, 0.15) is 17.1 Å². The van der Waals surface area contributed by atoms with Gasteiger partial charge in [-0.2, -0.15) is 9.78 Å². The molecule has 0 unspecified atom stereocenters. The molecule has 0 bridgehead atoms. The first-order valence-corrected chi connectivity index (χ1v) is 9.09. The lowest BCUT2D eigenvalue weighted by Gasteiger charge is -2.07. The fourth-order valence-corrected chi connectivity index (χ4v) is 3.11. The lowest BCUT2D eigenvalue weighted by molar-refractivity contribution is 0.0998. The number of anilines is 1. The zero-order valence-corrected chi connectivity index (χ0v) is 15.7.